The Balaban J connectivity index is 1.76. The Bertz CT molecular complexity index is 986. The molecule has 2 aromatic carbocycles. The number of carbonyl (C=O) groups excluding carboxylic acids is 4. The average Bonchev–Trinajstić information content (AvgIpc) is 2.95. The van der Waals surface area contributed by atoms with Crippen LogP contribution in [0.15, 0.2) is 48.5 Å². The zero-order valence-electron chi connectivity index (χ0n) is 16.9. The van der Waals surface area contributed by atoms with Crippen LogP contribution in [0.25, 0.3) is 0 Å². The zero-order chi connectivity index (χ0) is 22.0. The number of rotatable bonds is 6. The standard InChI is InChI=1S/C22H22ClN3O4/c1-13(2)19(26-20(28)14-8-4-5-9-15(14)21(26)29)22(30)25(3)12-18(27)24-17-11-7-6-10-16(17)23/h4-11,13,19H,12H2,1-3H3,(H,24,27). The van der Waals surface area contributed by atoms with E-state index in [0.717, 1.165) is 4.90 Å². The molecule has 1 N–H and O–H groups in total. The van der Waals surface area contributed by atoms with Crippen molar-refractivity contribution in [1.29, 1.82) is 0 Å². The molecule has 1 unspecified atom stereocenters. The smallest absolute Gasteiger partial charge is 0.262 e. The second-order valence-electron chi connectivity index (χ2n) is 7.44. The van der Waals surface area contributed by atoms with Gasteiger partial charge < -0.3 is 10.2 Å². The molecule has 4 amide bonds. The van der Waals surface area contributed by atoms with Crippen molar-refractivity contribution in [2.75, 3.05) is 18.9 Å². The van der Waals surface area contributed by atoms with Crippen LogP contribution >= 0.6 is 11.6 Å². The lowest BCUT2D eigenvalue weighted by molar-refractivity contribution is -0.138. The van der Waals surface area contributed by atoms with Crippen LogP contribution in [-0.4, -0.2) is 53.1 Å². The van der Waals surface area contributed by atoms with E-state index in [1.165, 1.54) is 11.9 Å². The number of carbonyl (C=O) groups is 4. The molecule has 1 heterocycles. The number of imide groups is 1. The van der Waals surface area contributed by atoms with Crippen LogP contribution in [0.1, 0.15) is 34.6 Å². The highest BCUT2D eigenvalue weighted by molar-refractivity contribution is 6.33. The van der Waals surface area contributed by atoms with E-state index >= 15 is 0 Å². The quantitative estimate of drug-likeness (QED) is 0.718. The van der Waals surface area contributed by atoms with Gasteiger partial charge in [0.1, 0.15) is 6.04 Å². The molecule has 1 atom stereocenters. The maximum atomic E-state index is 13.1. The Kier molecular flexibility index (Phi) is 6.22. The number of anilines is 1. The normalized spacial score (nSPS) is 14.0. The molecule has 0 radical (unpaired) electrons. The fourth-order valence-corrected chi connectivity index (χ4v) is 3.61. The Hall–Kier alpha value is -3.19. The molecular weight excluding hydrogens is 406 g/mol. The maximum Gasteiger partial charge on any atom is 0.262 e. The molecule has 1 aliphatic rings. The van der Waals surface area contributed by atoms with Gasteiger partial charge in [0.25, 0.3) is 11.8 Å². The molecule has 2 aromatic rings. The van der Waals surface area contributed by atoms with Crippen LogP contribution in [0.4, 0.5) is 5.69 Å². The predicted molar refractivity (Wildman–Crippen MR) is 113 cm³/mol. The summed E-state index contributed by atoms with van der Waals surface area (Å²) in [6.45, 7) is 3.25. The number of nitrogens with one attached hydrogen (secondary N) is 1. The van der Waals surface area contributed by atoms with E-state index in [-0.39, 0.29) is 23.6 Å². The summed E-state index contributed by atoms with van der Waals surface area (Å²) in [7, 11) is 1.46. The van der Waals surface area contributed by atoms with Crippen molar-refractivity contribution >= 4 is 40.9 Å². The molecule has 8 heteroatoms. The first-order valence-electron chi connectivity index (χ1n) is 9.48. The fraction of sp³-hybridized carbons (Fsp3) is 0.273. The molecule has 3 rings (SSSR count). The van der Waals surface area contributed by atoms with Gasteiger partial charge in [-0.1, -0.05) is 49.7 Å². The van der Waals surface area contributed by atoms with Crippen LogP contribution in [0.5, 0.6) is 0 Å². The largest absolute Gasteiger partial charge is 0.335 e. The van der Waals surface area contributed by atoms with E-state index in [4.69, 9.17) is 11.6 Å². The van der Waals surface area contributed by atoms with Gasteiger partial charge in [0.05, 0.1) is 28.4 Å². The number of hydrogen-bond donors (Lipinski definition) is 1. The number of hydrogen-bond acceptors (Lipinski definition) is 4. The van der Waals surface area contributed by atoms with Gasteiger partial charge in [0, 0.05) is 7.05 Å². The monoisotopic (exact) mass is 427 g/mol. The van der Waals surface area contributed by atoms with Gasteiger partial charge in [-0.3, -0.25) is 24.1 Å². The topological polar surface area (TPSA) is 86.8 Å². The molecule has 0 bridgehead atoms. The van der Waals surface area contributed by atoms with Crippen LogP contribution in [0, 0.1) is 5.92 Å². The van der Waals surface area contributed by atoms with Crippen molar-refractivity contribution in [2.45, 2.75) is 19.9 Å². The molecule has 30 heavy (non-hydrogen) atoms. The Morgan fingerprint density at radius 2 is 1.53 bits per heavy atom. The lowest BCUT2D eigenvalue weighted by atomic mass is 10.0. The Labute approximate surface area is 179 Å². The summed E-state index contributed by atoms with van der Waals surface area (Å²) >= 11 is 6.04. The second-order valence-corrected chi connectivity index (χ2v) is 7.84. The Morgan fingerprint density at radius 1 is 1.00 bits per heavy atom. The summed E-state index contributed by atoms with van der Waals surface area (Å²) in [6.07, 6.45) is 0. The summed E-state index contributed by atoms with van der Waals surface area (Å²) in [6, 6.07) is 12.2. The van der Waals surface area contributed by atoms with Gasteiger partial charge in [-0.05, 0) is 30.2 Å². The minimum Gasteiger partial charge on any atom is -0.335 e. The first kappa shape index (κ1) is 21.5. The third-order valence-corrected chi connectivity index (χ3v) is 5.22. The number of para-hydroxylation sites is 1. The molecule has 1 aliphatic heterocycles. The summed E-state index contributed by atoms with van der Waals surface area (Å²) in [5.74, 6) is -2.28. The van der Waals surface area contributed by atoms with Gasteiger partial charge in [-0.25, -0.2) is 0 Å². The fourth-order valence-electron chi connectivity index (χ4n) is 3.43. The van der Waals surface area contributed by atoms with E-state index in [2.05, 4.69) is 5.32 Å². The highest BCUT2D eigenvalue weighted by atomic mass is 35.5. The highest BCUT2D eigenvalue weighted by Crippen LogP contribution is 2.28. The van der Waals surface area contributed by atoms with Crippen molar-refractivity contribution in [3.05, 3.63) is 64.7 Å². The van der Waals surface area contributed by atoms with Crippen molar-refractivity contribution in [2.24, 2.45) is 5.92 Å². The van der Waals surface area contributed by atoms with Gasteiger partial charge in [-0.2, -0.15) is 0 Å². The van der Waals surface area contributed by atoms with E-state index in [1.54, 1.807) is 62.4 Å². The third kappa shape index (κ3) is 4.07. The summed E-state index contributed by atoms with van der Waals surface area (Å²) in [5, 5.41) is 3.03. The van der Waals surface area contributed by atoms with E-state index < -0.39 is 29.7 Å². The number of nitrogens with zero attached hydrogens (tertiary/aromatic N) is 2. The second kappa shape index (κ2) is 8.67. The van der Waals surface area contributed by atoms with Gasteiger partial charge in [-0.15, -0.1) is 0 Å². The lowest BCUT2D eigenvalue weighted by Crippen LogP contribution is -2.53. The van der Waals surface area contributed by atoms with E-state index in [1.807, 2.05) is 0 Å². The molecular formula is C22H22ClN3O4. The predicted octanol–water partition coefficient (Wildman–Crippen LogP) is 3.06. The van der Waals surface area contributed by atoms with E-state index in [0.29, 0.717) is 10.7 Å². The minimum absolute atomic E-state index is 0.254. The van der Waals surface area contributed by atoms with Crippen molar-refractivity contribution in [3.8, 4) is 0 Å². The Morgan fingerprint density at radius 3 is 2.07 bits per heavy atom. The van der Waals surface area contributed by atoms with Crippen LogP contribution in [-0.2, 0) is 9.59 Å². The zero-order valence-corrected chi connectivity index (χ0v) is 17.6. The number of amides is 4. The van der Waals surface area contributed by atoms with Crippen molar-refractivity contribution in [3.63, 3.8) is 0 Å². The molecule has 7 nitrogen and oxygen atoms in total. The summed E-state index contributed by atoms with van der Waals surface area (Å²) < 4.78 is 0. The van der Waals surface area contributed by atoms with Gasteiger partial charge >= 0.3 is 0 Å². The maximum absolute atomic E-state index is 13.1. The van der Waals surface area contributed by atoms with Crippen LogP contribution in [0.3, 0.4) is 0 Å². The molecule has 0 aromatic heterocycles. The number of benzene rings is 2. The summed E-state index contributed by atoms with van der Waals surface area (Å²) in [5.41, 5.74) is 0.992. The highest BCUT2D eigenvalue weighted by Gasteiger charge is 2.44. The van der Waals surface area contributed by atoms with Crippen LogP contribution < -0.4 is 5.32 Å². The van der Waals surface area contributed by atoms with Crippen LogP contribution in [0.2, 0.25) is 5.02 Å². The van der Waals surface area contributed by atoms with Gasteiger partial charge in [0.2, 0.25) is 11.8 Å². The first-order chi connectivity index (χ1) is 14.2. The van der Waals surface area contributed by atoms with Crippen molar-refractivity contribution in [1.82, 2.24) is 9.80 Å². The molecule has 0 saturated carbocycles. The molecule has 156 valence electrons. The minimum atomic E-state index is -1.02. The van der Waals surface area contributed by atoms with Gasteiger partial charge in [0.15, 0.2) is 0 Å². The first-order valence-corrected chi connectivity index (χ1v) is 9.86. The number of likely N-dealkylation sites (N-methyl/N-ethyl adjacent to an activating group) is 1. The molecule has 0 aliphatic carbocycles. The molecule has 0 spiro atoms. The molecule has 0 fully saturated rings. The average molecular weight is 428 g/mol. The lowest BCUT2D eigenvalue weighted by Gasteiger charge is -2.31. The number of fused-ring (bicyclic) bond motifs is 1. The number of halogens is 1. The summed E-state index contributed by atoms with van der Waals surface area (Å²) in [4.78, 5) is 53.4. The van der Waals surface area contributed by atoms with Crippen molar-refractivity contribution < 1.29 is 19.2 Å². The third-order valence-electron chi connectivity index (χ3n) is 4.89. The van der Waals surface area contributed by atoms with E-state index in [9.17, 15) is 19.2 Å². The molecule has 0 saturated heterocycles. The SMILES string of the molecule is CC(C)C(C(=O)N(C)CC(=O)Nc1ccccc1Cl)N1C(=O)c2ccccc2C1=O.